The summed E-state index contributed by atoms with van der Waals surface area (Å²) in [5, 5.41) is 3.03. The van der Waals surface area contributed by atoms with E-state index in [1.54, 1.807) is 18.3 Å². The molecule has 1 unspecified atom stereocenters. The number of nitrogens with one attached hydrogen (secondary N) is 1. The van der Waals surface area contributed by atoms with Gasteiger partial charge in [-0.05, 0) is 45.8 Å². The van der Waals surface area contributed by atoms with Crippen molar-refractivity contribution in [2.45, 2.75) is 39.2 Å². The second-order valence-electron chi connectivity index (χ2n) is 5.55. The lowest BCUT2D eigenvalue weighted by Crippen LogP contribution is -2.43. The van der Waals surface area contributed by atoms with E-state index >= 15 is 0 Å². The summed E-state index contributed by atoms with van der Waals surface area (Å²) in [5.41, 5.74) is 0.573. The van der Waals surface area contributed by atoms with Crippen LogP contribution in [-0.2, 0) is 0 Å². The molecule has 1 atom stereocenters. The van der Waals surface area contributed by atoms with E-state index in [4.69, 9.17) is 4.74 Å². The van der Waals surface area contributed by atoms with Crippen molar-refractivity contribution < 1.29 is 9.53 Å². The Balaban J connectivity index is 1.82. The standard InChI is InChI=1S/C16H25N3O2/c1-3-21-15-8-7-14(11-17-15)16(20)18-13(2)12-19-9-5-4-6-10-19/h7-8,11,13H,3-6,9-10,12H2,1-2H3,(H,18,20). The number of carbonyl (C=O) groups is 1. The van der Waals surface area contributed by atoms with E-state index in [0.29, 0.717) is 18.1 Å². The number of carbonyl (C=O) groups excluding carboxylic acids is 1. The van der Waals surface area contributed by atoms with E-state index < -0.39 is 0 Å². The SMILES string of the molecule is CCOc1ccc(C(=O)NC(C)CN2CCCCC2)cn1. The summed E-state index contributed by atoms with van der Waals surface area (Å²) < 4.78 is 5.27. The second kappa shape index (κ2) is 7.98. The van der Waals surface area contributed by atoms with Crippen molar-refractivity contribution in [1.82, 2.24) is 15.2 Å². The van der Waals surface area contributed by atoms with Gasteiger partial charge >= 0.3 is 0 Å². The first kappa shape index (κ1) is 15.8. The molecule has 0 bridgehead atoms. The second-order valence-corrected chi connectivity index (χ2v) is 5.55. The number of hydrogen-bond donors (Lipinski definition) is 1. The molecule has 1 amide bonds. The van der Waals surface area contributed by atoms with E-state index in [-0.39, 0.29) is 11.9 Å². The van der Waals surface area contributed by atoms with Gasteiger partial charge in [-0.1, -0.05) is 6.42 Å². The Morgan fingerprint density at radius 3 is 2.76 bits per heavy atom. The Kier molecular flexibility index (Phi) is 5.99. The van der Waals surface area contributed by atoms with Crippen molar-refractivity contribution in [1.29, 1.82) is 0 Å². The monoisotopic (exact) mass is 291 g/mol. The van der Waals surface area contributed by atoms with Crippen LogP contribution in [0.5, 0.6) is 5.88 Å². The number of aromatic nitrogens is 1. The summed E-state index contributed by atoms with van der Waals surface area (Å²) in [6.07, 6.45) is 5.43. The Morgan fingerprint density at radius 2 is 2.14 bits per heavy atom. The van der Waals surface area contributed by atoms with Crippen molar-refractivity contribution in [2.24, 2.45) is 0 Å². The highest BCUT2D eigenvalue weighted by molar-refractivity contribution is 5.94. The van der Waals surface area contributed by atoms with E-state index in [1.807, 2.05) is 6.92 Å². The molecule has 5 nitrogen and oxygen atoms in total. The Morgan fingerprint density at radius 1 is 1.38 bits per heavy atom. The number of ether oxygens (including phenoxy) is 1. The summed E-state index contributed by atoms with van der Waals surface area (Å²) in [7, 11) is 0. The molecule has 0 saturated carbocycles. The molecule has 21 heavy (non-hydrogen) atoms. The zero-order chi connectivity index (χ0) is 15.1. The molecule has 1 aliphatic heterocycles. The topological polar surface area (TPSA) is 54.5 Å². The predicted octanol–water partition coefficient (Wildman–Crippen LogP) is 2.08. The van der Waals surface area contributed by atoms with Crippen LogP contribution in [0.1, 0.15) is 43.5 Å². The van der Waals surface area contributed by atoms with Gasteiger partial charge < -0.3 is 15.0 Å². The highest BCUT2D eigenvalue weighted by atomic mass is 16.5. The van der Waals surface area contributed by atoms with Gasteiger partial charge in [0, 0.05) is 24.8 Å². The molecule has 1 fully saturated rings. The summed E-state index contributed by atoms with van der Waals surface area (Å²) in [4.78, 5) is 18.7. The molecule has 1 aromatic heterocycles. The fraction of sp³-hybridized carbons (Fsp3) is 0.625. The van der Waals surface area contributed by atoms with Gasteiger partial charge in [-0.3, -0.25) is 4.79 Å². The predicted molar refractivity (Wildman–Crippen MR) is 82.6 cm³/mol. The zero-order valence-electron chi connectivity index (χ0n) is 13.0. The number of nitrogens with zero attached hydrogens (tertiary/aromatic N) is 2. The molecule has 0 aromatic carbocycles. The number of hydrogen-bond acceptors (Lipinski definition) is 4. The van der Waals surface area contributed by atoms with Crippen LogP contribution in [0.25, 0.3) is 0 Å². The van der Waals surface area contributed by atoms with Crippen LogP contribution in [0.3, 0.4) is 0 Å². The Labute approximate surface area is 126 Å². The van der Waals surface area contributed by atoms with Gasteiger partial charge in [-0.15, -0.1) is 0 Å². The average molecular weight is 291 g/mol. The van der Waals surface area contributed by atoms with Crippen LogP contribution in [0, 0.1) is 0 Å². The van der Waals surface area contributed by atoms with Crippen molar-refractivity contribution in [3.63, 3.8) is 0 Å². The minimum absolute atomic E-state index is 0.0740. The summed E-state index contributed by atoms with van der Waals surface area (Å²) >= 11 is 0. The molecule has 5 heteroatoms. The van der Waals surface area contributed by atoms with Crippen LogP contribution in [-0.4, -0.2) is 48.1 Å². The third-order valence-electron chi connectivity index (χ3n) is 3.65. The van der Waals surface area contributed by atoms with Crippen LogP contribution < -0.4 is 10.1 Å². The van der Waals surface area contributed by atoms with Crippen molar-refractivity contribution in [3.8, 4) is 5.88 Å². The normalized spacial score (nSPS) is 17.2. The number of piperidine rings is 1. The first-order valence-electron chi connectivity index (χ1n) is 7.81. The van der Waals surface area contributed by atoms with Crippen molar-refractivity contribution in [3.05, 3.63) is 23.9 Å². The molecule has 0 spiro atoms. The van der Waals surface area contributed by atoms with Gasteiger partial charge in [-0.25, -0.2) is 4.98 Å². The summed E-state index contributed by atoms with van der Waals surface area (Å²) in [5.74, 6) is 0.477. The van der Waals surface area contributed by atoms with Crippen LogP contribution in [0.2, 0.25) is 0 Å². The largest absolute Gasteiger partial charge is 0.478 e. The van der Waals surface area contributed by atoms with Gasteiger partial charge in [0.2, 0.25) is 5.88 Å². The van der Waals surface area contributed by atoms with E-state index in [1.165, 1.54) is 19.3 Å². The zero-order valence-corrected chi connectivity index (χ0v) is 13.0. The van der Waals surface area contributed by atoms with Crippen LogP contribution in [0.15, 0.2) is 18.3 Å². The Hall–Kier alpha value is -1.62. The maximum absolute atomic E-state index is 12.2. The molecule has 2 heterocycles. The minimum Gasteiger partial charge on any atom is -0.478 e. The molecule has 1 aromatic rings. The molecule has 0 aliphatic carbocycles. The maximum Gasteiger partial charge on any atom is 0.253 e. The highest BCUT2D eigenvalue weighted by Crippen LogP contribution is 2.10. The molecule has 1 aliphatic rings. The minimum atomic E-state index is -0.0740. The number of likely N-dealkylation sites (tertiary alicyclic amines) is 1. The van der Waals surface area contributed by atoms with Gasteiger partial charge in [-0.2, -0.15) is 0 Å². The van der Waals surface area contributed by atoms with Crippen molar-refractivity contribution >= 4 is 5.91 Å². The van der Waals surface area contributed by atoms with E-state index in [0.717, 1.165) is 19.6 Å². The van der Waals surface area contributed by atoms with Crippen molar-refractivity contribution in [2.75, 3.05) is 26.2 Å². The quantitative estimate of drug-likeness (QED) is 0.872. The molecule has 1 N–H and O–H groups in total. The lowest BCUT2D eigenvalue weighted by Gasteiger charge is -2.29. The highest BCUT2D eigenvalue weighted by Gasteiger charge is 2.15. The Bertz CT molecular complexity index is 441. The summed E-state index contributed by atoms with van der Waals surface area (Å²) in [6, 6.07) is 3.62. The van der Waals surface area contributed by atoms with Gasteiger partial charge in [0.25, 0.3) is 5.91 Å². The van der Waals surface area contributed by atoms with E-state index in [2.05, 4.69) is 22.1 Å². The smallest absolute Gasteiger partial charge is 0.253 e. The van der Waals surface area contributed by atoms with Gasteiger partial charge in [0.15, 0.2) is 0 Å². The third-order valence-corrected chi connectivity index (χ3v) is 3.65. The fourth-order valence-corrected chi connectivity index (χ4v) is 2.63. The maximum atomic E-state index is 12.2. The lowest BCUT2D eigenvalue weighted by molar-refractivity contribution is 0.0925. The molecule has 2 rings (SSSR count). The number of pyridine rings is 1. The molecule has 1 saturated heterocycles. The number of rotatable bonds is 6. The first-order chi connectivity index (χ1) is 10.2. The van der Waals surface area contributed by atoms with Gasteiger partial charge in [0.05, 0.1) is 12.2 Å². The van der Waals surface area contributed by atoms with E-state index in [9.17, 15) is 4.79 Å². The first-order valence-corrected chi connectivity index (χ1v) is 7.81. The molecular formula is C16H25N3O2. The molecular weight excluding hydrogens is 266 g/mol. The van der Waals surface area contributed by atoms with Crippen LogP contribution >= 0.6 is 0 Å². The summed E-state index contributed by atoms with van der Waals surface area (Å²) in [6.45, 7) is 7.73. The van der Waals surface area contributed by atoms with Crippen LogP contribution in [0.4, 0.5) is 0 Å². The fourth-order valence-electron chi connectivity index (χ4n) is 2.63. The average Bonchev–Trinajstić information content (AvgIpc) is 2.49. The lowest BCUT2D eigenvalue weighted by atomic mass is 10.1. The van der Waals surface area contributed by atoms with Gasteiger partial charge in [0.1, 0.15) is 0 Å². The molecule has 116 valence electrons. The number of amides is 1. The third kappa shape index (κ3) is 5.01. The molecule has 0 radical (unpaired) electrons.